The van der Waals surface area contributed by atoms with Gasteiger partial charge >= 0.3 is 0 Å². The Balaban J connectivity index is 1.96. The maximum atomic E-state index is 12.0. The van der Waals surface area contributed by atoms with Crippen molar-refractivity contribution in [3.8, 4) is 0 Å². The number of hydrogen-bond donors (Lipinski definition) is 2. The van der Waals surface area contributed by atoms with Crippen molar-refractivity contribution < 1.29 is 4.79 Å². The second-order valence-corrected chi connectivity index (χ2v) is 7.02. The lowest BCUT2D eigenvalue weighted by molar-refractivity contribution is -0.123. The number of unbranched alkanes of at least 4 members (excludes halogenated alkanes) is 8. The van der Waals surface area contributed by atoms with Gasteiger partial charge in [-0.05, 0) is 32.1 Å². The van der Waals surface area contributed by atoms with Crippen LogP contribution in [0.3, 0.4) is 0 Å². The molecule has 1 saturated carbocycles. The lowest BCUT2D eigenvalue weighted by Crippen LogP contribution is -2.53. The van der Waals surface area contributed by atoms with Gasteiger partial charge in [0.25, 0.3) is 0 Å². The number of rotatable bonds is 13. The summed E-state index contributed by atoms with van der Waals surface area (Å²) in [7, 11) is 0. The highest BCUT2D eigenvalue weighted by molar-refractivity contribution is 5.76. The maximum absolute atomic E-state index is 12.0. The van der Waals surface area contributed by atoms with E-state index in [4.69, 9.17) is 5.73 Å². The molecule has 0 saturated heterocycles. The monoisotopic (exact) mass is 296 g/mol. The fourth-order valence-electron chi connectivity index (χ4n) is 3.02. The number of carbonyl (C=O) groups is 1. The third-order valence-electron chi connectivity index (χ3n) is 4.83. The molecule has 1 unspecified atom stereocenters. The smallest absolute Gasteiger partial charge is 0.220 e. The average Bonchev–Trinajstić information content (AvgIpc) is 3.30. The highest BCUT2D eigenvalue weighted by Gasteiger charge is 2.41. The minimum absolute atomic E-state index is 0.156. The molecular formula is C18H36N2O. The maximum Gasteiger partial charge on any atom is 0.220 e. The number of nitrogens with one attached hydrogen (secondary N) is 1. The Morgan fingerprint density at radius 3 is 2.05 bits per heavy atom. The van der Waals surface area contributed by atoms with E-state index in [9.17, 15) is 4.79 Å². The normalized spacial score (nSPS) is 17.5. The van der Waals surface area contributed by atoms with Gasteiger partial charge in [-0.2, -0.15) is 0 Å². The molecule has 3 heteroatoms. The lowest BCUT2D eigenvalue weighted by Gasteiger charge is -2.29. The molecule has 0 spiro atoms. The summed E-state index contributed by atoms with van der Waals surface area (Å²) in [4.78, 5) is 12.0. The Kier molecular flexibility index (Phi) is 8.98. The van der Waals surface area contributed by atoms with E-state index in [1.54, 1.807) is 0 Å². The van der Waals surface area contributed by atoms with Crippen LogP contribution in [-0.2, 0) is 4.79 Å². The molecule has 3 nitrogen and oxygen atoms in total. The van der Waals surface area contributed by atoms with Gasteiger partial charge in [0, 0.05) is 13.0 Å². The Bertz CT molecular complexity index is 289. The predicted molar refractivity (Wildman–Crippen MR) is 90.2 cm³/mol. The molecule has 124 valence electrons. The van der Waals surface area contributed by atoms with Crippen LogP contribution in [-0.4, -0.2) is 18.0 Å². The molecule has 0 aromatic heterocycles. The highest BCUT2D eigenvalue weighted by atomic mass is 16.1. The third-order valence-corrected chi connectivity index (χ3v) is 4.83. The standard InChI is InChI=1S/C18H36N2O/c1-3-4-5-6-7-8-9-10-11-12-17(21)20-18(2,15-19)16-13-14-16/h16H,3-15,19H2,1-2H3,(H,20,21). The molecule has 3 N–H and O–H groups in total. The molecule has 1 aliphatic carbocycles. The Hall–Kier alpha value is -0.570. The topological polar surface area (TPSA) is 55.1 Å². The molecule has 0 aromatic carbocycles. The molecule has 0 bridgehead atoms. The van der Waals surface area contributed by atoms with E-state index < -0.39 is 0 Å². The molecule has 21 heavy (non-hydrogen) atoms. The Morgan fingerprint density at radius 2 is 1.57 bits per heavy atom. The summed E-state index contributed by atoms with van der Waals surface area (Å²) < 4.78 is 0. The summed E-state index contributed by atoms with van der Waals surface area (Å²) in [6.07, 6.45) is 14.7. The van der Waals surface area contributed by atoms with Gasteiger partial charge in [0.1, 0.15) is 0 Å². The van der Waals surface area contributed by atoms with Crippen molar-refractivity contribution in [2.24, 2.45) is 11.7 Å². The zero-order chi connectivity index (χ0) is 15.6. The van der Waals surface area contributed by atoms with E-state index in [-0.39, 0.29) is 11.4 Å². The quantitative estimate of drug-likeness (QED) is 0.502. The van der Waals surface area contributed by atoms with E-state index in [0.717, 1.165) is 6.42 Å². The minimum atomic E-state index is -0.156. The van der Waals surface area contributed by atoms with Crippen molar-refractivity contribution >= 4 is 5.91 Å². The first kappa shape index (κ1) is 18.5. The fraction of sp³-hybridized carbons (Fsp3) is 0.944. The van der Waals surface area contributed by atoms with Crippen molar-refractivity contribution in [3.63, 3.8) is 0 Å². The molecule has 0 radical (unpaired) electrons. The molecule has 1 fully saturated rings. The van der Waals surface area contributed by atoms with E-state index in [1.807, 2.05) is 0 Å². The summed E-state index contributed by atoms with van der Waals surface area (Å²) >= 11 is 0. The van der Waals surface area contributed by atoms with Crippen LogP contribution in [0.5, 0.6) is 0 Å². The second-order valence-electron chi connectivity index (χ2n) is 7.02. The third kappa shape index (κ3) is 7.85. The van der Waals surface area contributed by atoms with Crippen LogP contribution in [0.2, 0.25) is 0 Å². The molecule has 1 amide bonds. The summed E-state index contributed by atoms with van der Waals surface area (Å²) in [5.74, 6) is 0.798. The molecule has 0 aromatic rings. The van der Waals surface area contributed by atoms with E-state index in [2.05, 4.69) is 19.2 Å². The van der Waals surface area contributed by atoms with Crippen LogP contribution in [0.25, 0.3) is 0 Å². The van der Waals surface area contributed by atoms with Crippen molar-refractivity contribution in [3.05, 3.63) is 0 Å². The van der Waals surface area contributed by atoms with Crippen LogP contribution in [0, 0.1) is 5.92 Å². The number of nitrogens with two attached hydrogens (primary N) is 1. The fourth-order valence-corrected chi connectivity index (χ4v) is 3.02. The Labute approximate surface area is 131 Å². The van der Waals surface area contributed by atoms with E-state index >= 15 is 0 Å². The van der Waals surface area contributed by atoms with Crippen LogP contribution in [0.15, 0.2) is 0 Å². The number of amides is 1. The molecule has 1 aliphatic rings. The van der Waals surface area contributed by atoms with E-state index in [0.29, 0.717) is 18.9 Å². The number of carbonyl (C=O) groups excluding carboxylic acids is 1. The van der Waals surface area contributed by atoms with Gasteiger partial charge in [-0.1, -0.05) is 58.3 Å². The van der Waals surface area contributed by atoms with E-state index in [1.165, 1.54) is 64.2 Å². The summed E-state index contributed by atoms with van der Waals surface area (Å²) in [6, 6.07) is 0. The van der Waals surface area contributed by atoms with Gasteiger partial charge in [-0.3, -0.25) is 4.79 Å². The molecule has 0 heterocycles. The van der Waals surface area contributed by atoms with Gasteiger partial charge in [0.15, 0.2) is 0 Å². The summed E-state index contributed by atoms with van der Waals surface area (Å²) in [6.45, 7) is 4.91. The largest absolute Gasteiger partial charge is 0.349 e. The molecule has 0 aliphatic heterocycles. The SMILES string of the molecule is CCCCCCCCCCCC(=O)NC(C)(CN)C1CC1. The molecule has 1 rings (SSSR count). The highest BCUT2D eigenvalue weighted by Crippen LogP contribution is 2.39. The first-order chi connectivity index (χ1) is 10.1. The van der Waals surface area contributed by atoms with Crippen molar-refractivity contribution in [1.82, 2.24) is 5.32 Å². The van der Waals surface area contributed by atoms with Crippen LogP contribution < -0.4 is 11.1 Å². The van der Waals surface area contributed by atoms with Crippen LogP contribution in [0.1, 0.15) is 90.9 Å². The van der Waals surface area contributed by atoms with Gasteiger partial charge in [0.2, 0.25) is 5.91 Å². The summed E-state index contributed by atoms with van der Waals surface area (Å²) in [5, 5.41) is 3.17. The minimum Gasteiger partial charge on any atom is -0.349 e. The molecule has 1 atom stereocenters. The average molecular weight is 296 g/mol. The number of hydrogen-bond acceptors (Lipinski definition) is 2. The zero-order valence-electron chi connectivity index (χ0n) is 14.3. The second kappa shape index (κ2) is 10.2. The lowest BCUT2D eigenvalue weighted by atomic mass is 9.95. The summed E-state index contributed by atoms with van der Waals surface area (Å²) in [5.41, 5.74) is 5.67. The Morgan fingerprint density at radius 1 is 1.05 bits per heavy atom. The van der Waals surface area contributed by atoms with Crippen molar-refractivity contribution in [2.45, 2.75) is 96.4 Å². The first-order valence-electron chi connectivity index (χ1n) is 9.13. The zero-order valence-corrected chi connectivity index (χ0v) is 14.3. The van der Waals surface area contributed by atoms with Gasteiger partial charge in [-0.25, -0.2) is 0 Å². The first-order valence-corrected chi connectivity index (χ1v) is 9.13. The predicted octanol–water partition coefficient (Wildman–Crippen LogP) is 4.15. The van der Waals surface area contributed by atoms with Gasteiger partial charge in [-0.15, -0.1) is 0 Å². The van der Waals surface area contributed by atoms with Crippen LogP contribution >= 0.6 is 0 Å². The molecular weight excluding hydrogens is 260 g/mol. The van der Waals surface area contributed by atoms with Crippen molar-refractivity contribution in [1.29, 1.82) is 0 Å². The van der Waals surface area contributed by atoms with Gasteiger partial charge in [0.05, 0.1) is 5.54 Å². The van der Waals surface area contributed by atoms with Crippen LogP contribution in [0.4, 0.5) is 0 Å². The van der Waals surface area contributed by atoms with Crippen molar-refractivity contribution in [2.75, 3.05) is 6.54 Å². The van der Waals surface area contributed by atoms with Gasteiger partial charge < -0.3 is 11.1 Å².